The normalized spacial score (nSPS) is 13.4. The monoisotopic (exact) mass is 265 g/mol. The summed E-state index contributed by atoms with van der Waals surface area (Å²) in [5.74, 6) is -1.97. The van der Waals surface area contributed by atoms with Crippen LogP contribution in [0.1, 0.15) is 25.3 Å². The minimum absolute atomic E-state index is 0.219. The van der Waals surface area contributed by atoms with Crippen molar-refractivity contribution in [2.24, 2.45) is 5.73 Å². The van der Waals surface area contributed by atoms with Crippen molar-refractivity contribution >= 4 is 11.9 Å². The number of hydrogen-bond acceptors (Lipinski definition) is 5. The number of carbonyl (C=O) groups is 2. The van der Waals surface area contributed by atoms with E-state index in [1.165, 1.54) is 0 Å². The Morgan fingerprint density at radius 1 is 1.05 bits per heavy atom. The van der Waals surface area contributed by atoms with Crippen molar-refractivity contribution in [3.63, 3.8) is 0 Å². The summed E-state index contributed by atoms with van der Waals surface area (Å²) >= 11 is 0. The van der Waals surface area contributed by atoms with Gasteiger partial charge in [0.2, 0.25) is 0 Å². The first-order chi connectivity index (χ1) is 9.11. The van der Waals surface area contributed by atoms with Crippen LogP contribution < -0.4 is 5.73 Å². The minimum Gasteiger partial charge on any atom is -0.465 e. The first-order valence-electron chi connectivity index (χ1n) is 6.25. The molecule has 0 aliphatic rings. The van der Waals surface area contributed by atoms with Gasteiger partial charge in [-0.1, -0.05) is 30.3 Å². The van der Waals surface area contributed by atoms with Gasteiger partial charge in [-0.3, -0.25) is 9.59 Å². The molecule has 0 bridgehead atoms. The molecule has 0 aromatic heterocycles. The maximum Gasteiger partial charge on any atom is 0.324 e. The van der Waals surface area contributed by atoms with E-state index in [1.807, 2.05) is 6.07 Å². The summed E-state index contributed by atoms with van der Waals surface area (Å²) in [4.78, 5) is 23.7. The van der Waals surface area contributed by atoms with Crippen LogP contribution in [0.5, 0.6) is 0 Å². The molecule has 0 aliphatic heterocycles. The molecular weight excluding hydrogens is 246 g/mol. The lowest BCUT2D eigenvalue weighted by Crippen LogP contribution is -2.42. The van der Waals surface area contributed by atoms with E-state index in [1.54, 1.807) is 38.1 Å². The Morgan fingerprint density at radius 3 is 2.11 bits per heavy atom. The second kappa shape index (κ2) is 7.53. The van der Waals surface area contributed by atoms with Gasteiger partial charge in [-0.15, -0.1) is 0 Å². The number of benzene rings is 1. The highest BCUT2D eigenvalue weighted by Gasteiger charge is 2.34. The zero-order valence-electron chi connectivity index (χ0n) is 11.2. The van der Waals surface area contributed by atoms with Crippen LogP contribution in [-0.4, -0.2) is 31.2 Å². The van der Waals surface area contributed by atoms with Gasteiger partial charge in [-0.2, -0.15) is 0 Å². The van der Waals surface area contributed by atoms with Gasteiger partial charge in [0, 0.05) is 0 Å². The first-order valence-corrected chi connectivity index (χ1v) is 6.25. The molecule has 0 amide bonds. The number of rotatable bonds is 6. The highest BCUT2D eigenvalue weighted by atomic mass is 16.5. The van der Waals surface area contributed by atoms with Gasteiger partial charge in [0.1, 0.15) is 12.0 Å². The van der Waals surface area contributed by atoms with Gasteiger partial charge in [0.05, 0.1) is 13.2 Å². The maximum absolute atomic E-state index is 12.0. The van der Waals surface area contributed by atoms with Gasteiger partial charge in [0.15, 0.2) is 0 Å². The van der Waals surface area contributed by atoms with E-state index in [0.29, 0.717) is 5.56 Å². The number of ether oxygens (including phenoxy) is 2. The fourth-order valence-electron chi connectivity index (χ4n) is 1.76. The average Bonchev–Trinajstić information content (AvgIpc) is 2.40. The number of hydrogen-bond donors (Lipinski definition) is 1. The lowest BCUT2D eigenvalue weighted by atomic mass is 9.92. The molecule has 0 spiro atoms. The van der Waals surface area contributed by atoms with Crippen LogP contribution in [-0.2, 0) is 19.1 Å². The number of nitrogens with two attached hydrogens (primary N) is 1. The molecule has 19 heavy (non-hydrogen) atoms. The van der Waals surface area contributed by atoms with E-state index < -0.39 is 23.9 Å². The molecule has 2 N–H and O–H groups in total. The minimum atomic E-state index is -1.07. The lowest BCUT2D eigenvalue weighted by Gasteiger charge is -2.21. The second-order valence-electron chi connectivity index (χ2n) is 3.92. The summed E-state index contributed by atoms with van der Waals surface area (Å²) in [6.07, 6.45) is 0. The predicted molar refractivity (Wildman–Crippen MR) is 70.4 cm³/mol. The summed E-state index contributed by atoms with van der Waals surface area (Å²) in [6.45, 7) is 3.84. The van der Waals surface area contributed by atoms with Crippen molar-refractivity contribution in [2.45, 2.75) is 25.8 Å². The molecule has 104 valence electrons. The maximum atomic E-state index is 12.0. The SMILES string of the molecule is CCOC(=O)[C@@H](N)[C@H](C(=O)OCC)c1ccccc1. The summed E-state index contributed by atoms with van der Waals surface area (Å²) in [5.41, 5.74) is 6.48. The van der Waals surface area contributed by atoms with Crippen molar-refractivity contribution < 1.29 is 19.1 Å². The van der Waals surface area contributed by atoms with Crippen molar-refractivity contribution in [3.8, 4) is 0 Å². The molecule has 0 aliphatic carbocycles. The summed E-state index contributed by atoms with van der Waals surface area (Å²) in [5, 5.41) is 0. The van der Waals surface area contributed by atoms with Crippen LogP contribution in [0.4, 0.5) is 0 Å². The van der Waals surface area contributed by atoms with Crippen LogP contribution in [0.15, 0.2) is 30.3 Å². The van der Waals surface area contributed by atoms with Crippen molar-refractivity contribution in [3.05, 3.63) is 35.9 Å². The fraction of sp³-hybridized carbons (Fsp3) is 0.429. The summed E-state index contributed by atoms with van der Waals surface area (Å²) < 4.78 is 9.84. The molecule has 2 atom stereocenters. The van der Waals surface area contributed by atoms with E-state index >= 15 is 0 Å². The second-order valence-corrected chi connectivity index (χ2v) is 3.92. The topological polar surface area (TPSA) is 78.6 Å². The van der Waals surface area contributed by atoms with E-state index in [0.717, 1.165) is 0 Å². The molecule has 1 aromatic rings. The Morgan fingerprint density at radius 2 is 1.58 bits per heavy atom. The standard InChI is InChI=1S/C14H19NO4/c1-3-18-13(16)11(10-8-6-5-7-9-10)12(15)14(17)19-4-2/h5-9,11-12H,3-4,15H2,1-2H3/t11-,12+/m1/s1. The zero-order valence-corrected chi connectivity index (χ0v) is 11.2. The Balaban J connectivity index is 2.99. The predicted octanol–water partition coefficient (Wildman–Crippen LogP) is 1.22. The smallest absolute Gasteiger partial charge is 0.324 e. The largest absolute Gasteiger partial charge is 0.465 e. The van der Waals surface area contributed by atoms with Gasteiger partial charge in [0.25, 0.3) is 0 Å². The van der Waals surface area contributed by atoms with Gasteiger partial charge < -0.3 is 15.2 Å². The van der Waals surface area contributed by atoms with E-state index in [-0.39, 0.29) is 13.2 Å². The highest BCUT2D eigenvalue weighted by Crippen LogP contribution is 2.21. The first kappa shape index (κ1) is 15.2. The van der Waals surface area contributed by atoms with Crippen LogP contribution in [0.25, 0.3) is 0 Å². The van der Waals surface area contributed by atoms with Crippen LogP contribution in [0.3, 0.4) is 0 Å². The Labute approximate surface area is 112 Å². The molecule has 0 fully saturated rings. The molecule has 5 nitrogen and oxygen atoms in total. The molecule has 1 rings (SSSR count). The molecule has 0 unspecified atom stereocenters. The summed E-state index contributed by atoms with van der Waals surface area (Å²) in [6, 6.07) is 7.78. The third kappa shape index (κ3) is 4.06. The fourth-order valence-corrected chi connectivity index (χ4v) is 1.76. The molecule has 0 saturated heterocycles. The number of esters is 2. The van der Waals surface area contributed by atoms with E-state index in [4.69, 9.17) is 15.2 Å². The summed E-state index contributed by atoms with van der Waals surface area (Å²) in [7, 11) is 0. The highest BCUT2D eigenvalue weighted by molar-refractivity contribution is 5.88. The van der Waals surface area contributed by atoms with Crippen LogP contribution in [0, 0.1) is 0 Å². The Hall–Kier alpha value is -1.88. The molecule has 0 saturated carbocycles. The Bertz CT molecular complexity index is 419. The third-order valence-corrected chi connectivity index (χ3v) is 2.62. The van der Waals surface area contributed by atoms with Crippen LogP contribution in [0.2, 0.25) is 0 Å². The number of carbonyl (C=O) groups excluding carboxylic acids is 2. The molecular formula is C14H19NO4. The van der Waals surface area contributed by atoms with Crippen molar-refractivity contribution in [2.75, 3.05) is 13.2 Å². The average molecular weight is 265 g/mol. The third-order valence-electron chi connectivity index (χ3n) is 2.62. The van der Waals surface area contributed by atoms with E-state index in [2.05, 4.69) is 0 Å². The van der Waals surface area contributed by atoms with Crippen LogP contribution >= 0.6 is 0 Å². The quantitative estimate of drug-likeness (QED) is 0.782. The van der Waals surface area contributed by atoms with Crippen molar-refractivity contribution in [1.29, 1.82) is 0 Å². The zero-order chi connectivity index (χ0) is 14.3. The van der Waals surface area contributed by atoms with Gasteiger partial charge in [-0.05, 0) is 19.4 Å². The lowest BCUT2D eigenvalue weighted by molar-refractivity contribution is -0.153. The Kier molecular flexibility index (Phi) is 6.02. The van der Waals surface area contributed by atoms with E-state index in [9.17, 15) is 9.59 Å². The molecule has 0 radical (unpaired) electrons. The van der Waals surface area contributed by atoms with Gasteiger partial charge in [-0.25, -0.2) is 0 Å². The van der Waals surface area contributed by atoms with Gasteiger partial charge >= 0.3 is 11.9 Å². The molecule has 5 heteroatoms. The molecule has 1 aromatic carbocycles. The van der Waals surface area contributed by atoms with Crippen molar-refractivity contribution in [1.82, 2.24) is 0 Å². The molecule has 0 heterocycles.